The molecular formula is C26H28N2O5. The first-order valence-electron chi connectivity index (χ1n) is 10.7. The predicted molar refractivity (Wildman–Crippen MR) is 126 cm³/mol. The number of aryl methyl sites for hydroxylation is 1. The summed E-state index contributed by atoms with van der Waals surface area (Å²) in [6.07, 6.45) is 2.18. The first-order valence-corrected chi connectivity index (χ1v) is 10.7. The number of ether oxygens (including phenoxy) is 3. The van der Waals surface area contributed by atoms with Crippen molar-refractivity contribution >= 4 is 16.8 Å². The number of methoxy groups -OCH3 is 3. The number of amides is 1. The summed E-state index contributed by atoms with van der Waals surface area (Å²) in [6, 6.07) is 15.3. The summed E-state index contributed by atoms with van der Waals surface area (Å²) in [7, 11) is 4.85. The lowest BCUT2D eigenvalue weighted by Crippen LogP contribution is -2.24. The van der Waals surface area contributed by atoms with Crippen molar-refractivity contribution in [2.45, 2.75) is 25.8 Å². The number of aromatic amines is 1. The molecule has 0 fully saturated rings. The molecule has 7 heteroatoms. The van der Waals surface area contributed by atoms with Crippen molar-refractivity contribution in [2.24, 2.45) is 0 Å². The van der Waals surface area contributed by atoms with Crippen molar-refractivity contribution in [2.75, 3.05) is 21.3 Å². The number of carbonyl (C=O) groups is 1. The van der Waals surface area contributed by atoms with Gasteiger partial charge in [-0.2, -0.15) is 0 Å². The Kier molecular flexibility index (Phi) is 6.58. The number of hydrogen-bond acceptors (Lipinski definition) is 5. The second-order valence-corrected chi connectivity index (χ2v) is 7.79. The Morgan fingerprint density at radius 3 is 2.48 bits per heavy atom. The van der Waals surface area contributed by atoms with E-state index in [1.165, 1.54) is 0 Å². The summed E-state index contributed by atoms with van der Waals surface area (Å²) in [5.41, 5.74) is 2.85. The minimum atomic E-state index is -0.242. The molecule has 172 valence electrons. The van der Waals surface area contributed by atoms with Crippen LogP contribution in [0.4, 0.5) is 0 Å². The number of hydrogen-bond donors (Lipinski definition) is 2. The van der Waals surface area contributed by atoms with Crippen LogP contribution in [0.5, 0.6) is 17.2 Å². The summed E-state index contributed by atoms with van der Waals surface area (Å²) in [6.45, 7) is 2.21. The van der Waals surface area contributed by atoms with E-state index >= 15 is 0 Å². The monoisotopic (exact) mass is 448 g/mol. The molecule has 0 saturated heterocycles. The van der Waals surface area contributed by atoms with Gasteiger partial charge in [0.15, 0.2) is 11.5 Å². The Morgan fingerprint density at radius 1 is 1.00 bits per heavy atom. The smallest absolute Gasteiger partial charge is 0.221 e. The fourth-order valence-electron chi connectivity index (χ4n) is 4.12. The second kappa shape index (κ2) is 9.73. The van der Waals surface area contributed by atoms with Gasteiger partial charge < -0.3 is 28.9 Å². The number of H-pyrrole nitrogens is 1. The predicted octanol–water partition coefficient (Wildman–Crippen LogP) is 4.93. The van der Waals surface area contributed by atoms with E-state index in [1.807, 2.05) is 61.7 Å². The van der Waals surface area contributed by atoms with Crippen molar-refractivity contribution in [3.05, 3.63) is 77.4 Å². The van der Waals surface area contributed by atoms with E-state index < -0.39 is 0 Å². The Hall–Kier alpha value is -3.87. The van der Waals surface area contributed by atoms with Gasteiger partial charge in [0.2, 0.25) is 5.91 Å². The van der Waals surface area contributed by atoms with Gasteiger partial charge in [-0.15, -0.1) is 0 Å². The first-order chi connectivity index (χ1) is 16.0. The van der Waals surface area contributed by atoms with Crippen molar-refractivity contribution in [1.82, 2.24) is 10.3 Å². The van der Waals surface area contributed by atoms with Gasteiger partial charge in [0, 0.05) is 29.4 Å². The first kappa shape index (κ1) is 22.3. The quantitative estimate of drug-likeness (QED) is 0.379. The largest absolute Gasteiger partial charge is 0.496 e. The third-order valence-electron chi connectivity index (χ3n) is 5.75. The molecule has 0 unspecified atom stereocenters. The molecule has 2 heterocycles. The lowest BCUT2D eigenvalue weighted by molar-refractivity contribution is -0.121. The molecule has 0 aliphatic heterocycles. The van der Waals surface area contributed by atoms with Crippen molar-refractivity contribution in [1.29, 1.82) is 0 Å². The van der Waals surface area contributed by atoms with Gasteiger partial charge in [0.1, 0.15) is 17.3 Å². The molecule has 4 rings (SSSR count). The van der Waals surface area contributed by atoms with Crippen LogP contribution in [-0.4, -0.2) is 32.2 Å². The van der Waals surface area contributed by atoms with Crippen LogP contribution in [0.1, 0.15) is 35.0 Å². The maximum Gasteiger partial charge on any atom is 0.221 e. The highest BCUT2D eigenvalue weighted by Crippen LogP contribution is 2.40. The summed E-state index contributed by atoms with van der Waals surface area (Å²) < 4.78 is 22.1. The zero-order chi connectivity index (χ0) is 23.4. The van der Waals surface area contributed by atoms with Crippen LogP contribution >= 0.6 is 0 Å². The molecular weight excluding hydrogens is 420 g/mol. The molecule has 0 aliphatic carbocycles. The van der Waals surface area contributed by atoms with Gasteiger partial charge in [0.05, 0.1) is 27.9 Å². The van der Waals surface area contributed by atoms with E-state index in [4.69, 9.17) is 18.6 Å². The molecule has 1 atom stereocenters. The number of furan rings is 1. The summed E-state index contributed by atoms with van der Waals surface area (Å²) in [4.78, 5) is 16.3. The maximum absolute atomic E-state index is 13.0. The summed E-state index contributed by atoms with van der Waals surface area (Å²) >= 11 is 0. The average molecular weight is 449 g/mol. The number of aromatic nitrogens is 1. The van der Waals surface area contributed by atoms with Crippen molar-refractivity contribution < 1.29 is 23.4 Å². The normalized spacial score (nSPS) is 11.9. The molecule has 33 heavy (non-hydrogen) atoms. The van der Waals surface area contributed by atoms with Crippen LogP contribution < -0.4 is 19.5 Å². The van der Waals surface area contributed by atoms with E-state index in [9.17, 15) is 4.79 Å². The Balaban J connectivity index is 1.71. The Morgan fingerprint density at radius 2 is 1.79 bits per heavy atom. The number of benzene rings is 2. The van der Waals surface area contributed by atoms with Gasteiger partial charge in [-0.05, 0) is 54.4 Å². The van der Waals surface area contributed by atoms with Crippen LogP contribution in [0.25, 0.3) is 10.9 Å². The molecule has 4 aromatic rings. The SMILES string of the molecule is COc1ccc([C@H](CC(=O)NCc2ccc(C)o2)c2c[nH]c3cccc(OC)c23)cc1OC. The molecule has 0 radical (unpaired) electrons. The molecule has 0 bridgehead atoms. The second-order valence-electron chi connectivity index (χ2n) is 7.79. The topological polar surface area (TPSA) is 85.7 Å². The highest BCUT2D eigenvalue weighted by Gasteiger charge is 2.24. The Bertz CT molecular complexity index is 1260. The van der Waals surface area contributed by atoms with Gasteiger partial charge in [0.25, 0.3) is 0 Å². The molecule has 2 N–H and O–H groups in total. The van der Waals surface area contributed by atoms with E-state index in [0.717, 1.165) is 39.3 Å². The Labute approximate surface area is 192 Å². The standard InChI is InChI=1S/C26H28N2O5/c1-16-8-10-18(33-16)14-28-25(29)13-19(17-9-11-22(30-2)24(12-17)32-4)20-15-27-21-6-5-7-23(31-3)26(20)21/h5-12,15,19,27H,13-14H2,1-4H3,(H,28,29)/t19-/m0/s1. The van der Waals surface area contributed by atoms with Crippen LogP contribution in [0.2, 0.25) is 0 Å². The van der Waals surface area contributed by atoms with E-state index in [1.54, 1.807) is 21.3 Å². The molecule has 2 aromatic carbocycles. The zero-order valence-corrected chi connectivity index (χ0v) is 19.2. The molecule has 1 amide bonds. The lowest BCUT2D eigenvalue weighted by atomic mass is 9.87. The summed E-state index contributed by atoms with van der Waals surface area (Å²) in [5.74, 6) is 3.19. The molecule has 0 aliphatic rings. The fraction of sp³-hybridized carbons (Fsp3) is 0.269. The van der Waals surface area contributed by atoms with Crippen LogP contribution in [0.15, 0.2) is 59.1 Å². The third-order valence-corrected chi connectivity index (χ3v) is 5.75. The number of nitrogens with one attached hydrogen (secondary N) is 2. The van der Waals surface area contributed by atoms with Crippen LogP contribution in [0, 0.1) is 6.92 Å². The maximum atomic E-state index is 13.0. The van der Waals surface area contributed by atoms with Gasteiger partial charge in [-0.25, -0.2) is 0 Å². The molecule has 2 aromatic heterocycles. The zero-order valence-electron chi connectivity index (χ0n) is 19.2. The van der Waals surface area contributed by atoms with E-state index in [0.29, 0.717) is 18.0 Å². The highest BCUT2D eigenvalue weighted by atomic mass is 16.5. The minimum Gasteiger partial charge on any atom is -0.496 e. The van der Waals surface area contributed by atoms with Gasteiger partial charge in [-0.3, -0.25) is 4.79 Å². The lowest BCUT2D eigenvalue weighted by Gasteiger charge is -2.19. The highest BCUT2D eigenvalue weighted by molar-refractivity contribution is 5.91. The summed E-state index contributed by atoms with van der Waals surface area (Å²) in [5, 5.41) is 3.93. The van der Waals surface area contributed by atoms with E-state index in [2.05, 4.69) is 10.3 Å². The average Bonchev–Trinajstić information content (AvgIpc) is 3.46. The van der Waals surface area contributed by atoms with Crippen molar-refractivity contribution in [3.8, 4) is 17.2 Å². The molecule has 0 spiro atoms. The fourth-order valence-corrected chi connectivity index (χ4v) is 4.12. The molecule has 7 nitrogen and oxygen atoms in total. The minimum absolute atomic E-state index is 0.0897. The number of rotatable bonds is 9. The van der Waals surface area contributed by atoms with Crippen LogP contribution in [0.3, 0.4) is 0 Å². The number of carbonyl (C=O) groups excluding carboxylic acids is 1. The van der Waals surface area contributed by atoms with Crippen molar-refractivity contribution in [3.63, 3.8) is 0 Å². The number of fused-ring (bicyclic) bond motifs is 1. The third kappa shape index (κ3) is 4.67. The van der Waals surface area contributed by atoms with E-state index in [-0.39, 0.29) is 18.2 Å². The van der Waals surface area contributed by atoms with Gasteiger partial charge >= 0.3 is 0 Å². The van der Waals surface area contributed by atoms with Gasteiger partial charge in [-0.1, -0.05) is 12.1 Å². The molecule has 0 saturated carbocycles. The van der Waals surface area contributed by atoms with Crippen LogP contribution in [-0.2, 0) is 11.3 Å².